The van der Waals surface area contributed by atoms with Crippen molar-refractivity contribution >= 4 is 50.7 Å². The monoisotopic (exact) mass is 1310 g/mol. The van der Waals surface area contributed by atoms with Crippen molar-refractivity contribution in [3.63, 3.8) is 0 Å². The van der Waals surface area contributed by atoms with Crippen LogP contribution in [0.5, 0.6) is 0 Å². The van der Waals surface area contributed by atoms with E-state index in [0.29, 0.717) is 94.8 Å². The van der Waals surface area contributed by atoms with Gasteiger partial charge in [-0.2, -0.15) is 0 Å². The molecular weight excluding hydrogens is 1210 g/mol. The number of carbonyl (C=O) groups is 2. The Balaban J connectivity index is 0.000000297. The van der Waals surface area contributed by atoms with Crippen LogP contribution < -0.4 is 5.73 Å². The summed E-state index contributed by atoms with van der Waals surface area (Å²) in [5, 5.41) is 22.6. The molecule has 490 valence electrons. The standard InChI is InChI=1S/C17H23N3O2.C17H25NO2.C17H24O3.C9H11Br.C8H12O3.C2H4O2.CH4.Mg.2H/c1-13(2)14-4-3-5-15(12-14)16(19-20-18)6-8-17(9-7-16)21-10-11-22-17;2*1-13(2)14-4-3-5-15(12-14)16(18)6-8-17(9-7-16)19-10-11-20-17;1-7(2)8-4-3-5-9(10)6-8;9-7-1-3-8(4-2-7)10-5-6-11-8;1-2(3)4;;;;/h3-5,12-13H,6-11H2,1-2H3;3-5,12-13H,6-11,18H2,1-2H3;3-5,12-13,18H,6-11H2,1-2H3;3-7H,1-2H3;1-6H2;1H3,(H,3,4);1H4;;;/q;;;;;;;+2;2*-1. The topological polar surface area (TPSA) is 223 Å². The molecule has 4 saturated heterocycles. The van der Waals surface area contributed by atoms with Crippen LogP contribution in [0.2, 0.25) is 0 Å². The number of rotatable bonds is 8. The predicted octanol–water partition coefficient (Wildman–Crippen LogP) is 16.2. The molecule has 8 aliphatic rings. The number of hydrogen-bond donors (Lipinski definition) is 3. The fourth-order valence-electron chi connectivity index (χ4n) is 12.8. The van der Waals surface area contributed by atoms with Gasteiger partial charge in [-0.15, -0.1) is 0 Å². The molecule has 4 spiro atoms. The summed E-state index contributed by atoms with van der Waals surface area (Å²) < 4.78 is 46.7. The number of benzene rings is 4. The van der Waals surface area contributed by atoms with Gasteiger partial charge in [0.2, 0.25) is 0 Å². The number of carboxylic acids is 1. The summed E-state index contributed by atoms with van der Waals surface area (Å²) in [6.07, 6.45) is 12.4. The van der Waals surface area contributed by atoms with Crippen LogP contribution in [-0.4, -0.2) is 121 Å². The average Bonchev–Trinajstić information content (AvgIpc) is 1.39. The number of carboxylic acid groups (broad SMARTS) is 1. The Bertz CT molecular complexity index is 2770. The molecular formula is C71H105BrMgN4O12. The third-order valence-electron chi connectivity index (χ3n) is 18.5. The minimum atomic E-state index is -0.833. The van der Waals surface area contributed by atoms with Crippen molar-refractivity contribution in [2.24, 2.45) is 10.8 Å². The Morgan fingerprint density at radius 1 is 0.517 bits per heavy atom. The van der Waals surface area contributed by atoms with Gasteiger partial charge >= 0.3 is 23.1 Å². The zero-order chi connectivity index (χ0) is 62.9. The van der Waals surface area contributed by atoms with Crippen LogP contribution in [0.3, 0.4) is 0 Å². The number of ketones is 1. The first-order valence-electron chi connectivity index (χ1n) is 31.9. The Morgan fingerprint density at radius 2 is 0.820 bits per heavy atom. The van der Waals surface area contributed by atoms with E-state index >= 15 is 0 Å². The summed E-state index contributed by atoms with van der Waals surface area (Å²) in [5.41, 5.74) is 23.1. The largest absolute Gasteiger partial charge is 2.00 e. The molecule has 89 heavy (non-hydrogen) atoms. The molecule has 4 saturated carbocycles. The second kappa shape index (κ2) is 34.4. The summed E-state index contributed by atoms with van der Waals surface area (Å²) in [7, 11) is 0. The Labute approximate surface area is 558 Å². The number of aliphatic hydroxyl groups is 1. The summed E-state index contributed by atoms with van der Waals surface area (Å²) in [6, 6.07) is 34.0. The average molecular weight is 1310 g/mol. The summed E-state index contributed by atoms with van der Waals surface area (Å²) in [4.78, 5) is 23.0. The maximum Gasteiger partial charge on any atom is 2.00 e. The fourth-order valence-corrected chi connectivity index (χ4v) is 13.2. The van der Waals surface area contributed by atoms with E-state index in [1.807, 2.05) is 12.1 Å². The third kappa shape index (κ3) is 21.1. The number of carbonyl (C=O) groups excluding carboxylic acids is 1. The number of halogens is 1. The zero-order valence-electron chi connectivity index (χ0n) is 56.0. The van der Waals surface area contributed by atoms with E-state index in [1.165, 1.54) is 32.3 Å². The summed E-state index contributed by atoms with van der Waals surface area (Å²) in [5.74, 6) is 0.0510. The van der Waals surface area contributed by atoms with E-state index in [4.69, 9.17) is 59.1 Å². The van der Waals surface area contributed by atoms with Crippen LogP contribution in [0.15, 0.2) is 107 Å². The molecule has 4 aromatic carbocycles. The van der Waals surface area contributed by atoms with Gasteiger partial charge in [-0.1, -0.05) is 169 Å². The first-order chi connectivity index (χ1) is 41.4. The molecule has 0 amide bonds. The Morgan fingerprint density at radius 3 is 1.18 bits per heavy atom. The van der Waals surface area contributed by atoms with Gasteiger partial charge in [-0.25, -0.2) is 0 Å². The smallest absolute Gasteiger partial charge is 1.00 e. The minimum Gasteiger partial charge on any atom is -1.00 e. The van der Waals surface area contributed by atoms with Crippen LogP contribution in [-0.2, 0) is 64.2 Å². The molecule has 0 radical (unpaired) electrons. The van der Waals surface area contributed by atoms with Gasteiger partial charge in [0.15, 0.2) is 23.1 Å². The van der Waals surface area contributed by atoms with Crippen molar-refractivity contribution in [3.8, 4) is 0 Å². The Hall–Kier alpha value is -3.82. The van der Waals surface area contributed by atoms with Crippen LogP contribution in [0.1, 0.15) is 238 Å². The Kier molecular flexibility index (Phi) is 29.3. The van der Waals surface area contributed by atoms with Crippen molar-refractivity contribution in [2.45, 2.75) is 236 Å². The quantitative estimate of drug-likeness (QED) is 0.0647. The maximum absolute atomic E-state index is 11.0. The first-order valence-corrected chi connectivity index (χ1v) is 32.7. The van der Waals surface area contributed by atoms with E-state index in [2.05, 4.69) is 166 Å². The molecule has 18 heteroatoms. The number of nitrogens with zero attached hydrogens (tertiary/aromatic N) is 3. The molecule has 4 aromatic rings. The molecule has 0 aromatic heterocycles. The SMILES string of the molecule is C.CC(=O)O.CC(C)c1cccc(Br)c1.CC(C)c1cccc(C2(N)CCC3(CC2)OCCO3)c1.CC(C)c1cccc(C2(N=[N+]=[N-])CCC3(CC2)OCCO3)c1.CC(C)c1cccc(C2(O)CCC3(CC2)OCCO3)c1.O=C1CCC2(CC1)OCCO2.[H-].[H-].[Mg+2]. The molecule has 12 rings (SSSR count). The van der Waals surface area contributed by atoms with Gasteiger partial charge < -0.3 is 56.7 Å². The van der Waals surface area contributed by atoms with E-state index in [-0.39, 0.29) is 50.4 Å². The number of hydrogen-bond acceptors (Lipinski definition) is 13. The number of aliphatic carboxylic acids is 1. The molecule has 0 unspecified atom stereocenters. The second-order valence-corrected chi connectivity index (χ2v) is 26.9. The minimum absolute atomic E-state index is 0. The van der Waals surface area contributed by atoms with E-state index in [0.717, 1.165) is 108 Å². The number of Topliss-reactive ketones (excluding diaryl/α,β-unsaturated/α-hetero) is 1. The molecule has 16 nitrogen and oxygen atoms in total. The van der Waals surface area contributed by atoms with Crippen molar-refractivity contribution in [1.29, 1.82) is 0 Å². The van der Waals surface area contributed by atoms with Gasteiger partial charge in [0.25, 0.3) is 5.97 Å². The van der Waals surface area contributed by atoms with Crippen LogP contribution >= 0.6 is 15.9 Å². The van der Waals surface area contributed by atoms with Crippen LogP contribution in [0.25, 0.3) is 10.4 Å². The second-order valence-electron chi connectivity index (χ2n) is 25.9. The van der Waals surface area contributed by atoms with Crippen LogP contribution in [0.4, 0.5) is 0 Å². The number of ether oxygens (including phenoxy) is 8. The zero-order valence-corrected chi connectivity index (χ0v) is 57.0. The molecule has 4 aliphatic carbocycles. The maximum atomic E-state index is 11.0. The van der Waals surface area contributed by atoms with E-state index in [1.54, 1.807) is 0 Å². The van der Waals surface area contributed by atoms with Gasteiger partial charge in [0.05, 0.1) is 64.0 Å². The third-order valence-corrected chi connectivity index (χ3v) is 19.0. The number of azide groups is 1. The van der Waals surface area contributed by atoms with Gasteiger partial charge in [0.1, 0.15) is 5.78 Å². The van der Waals surface area contributed by atoms with Crippen LogP contribution in [0, 0.1) is 0 Å². The van der Waals surface area contributed by atoms with E-state index < -0.39 is 28.7 Å². The fraction of sp³-hybridized carbons (Fsp3) is 0.634. The van der Waals surface area contributed by atoms with Crippen molar-refractivity contribution in [1.82, 2.24) is 0 Å². The van der Waals surface area contributed by atoms with Gasteiger partial charge in [0, 0.05) is 86.1 Å². The molecule has 0 bridgehead atoms. The predicted molar refractivity (Wildman–Crippen MR) is 356 cm³/mol. The first kappa shape index (κ1) is 75.9. The molecule has 4 aliphatic heterocycles. The van der Waals surface area contributed by atoms with Gasteiger partial charge in [-0.3, -0.25) is 9.59 Å². The summed E-state index contributed by atoms with van der Waals surface area (Å²) >= 11 is 3.43. The molecule has 8 fully saturated rings. The summed E-state index contributed by atoms with van der Waals surface area (Å²) in [6.45, 7) is 24.1. The number of nitrogens with two attached hydrogens (primary N) is 1. The molecule has 4 N–H and O–H groups in total. The van der Waals surface area contributed by atoms with Crippen molar-refractivity contribution in [3.05, 3.63) is 151 Å². The molecule has 4 heterocycles. The van der Waals surface area contributed by atoms with E-state index in [9.17, 15) is 9.90 Å². The normalized spacial score (nSPS) is 23.8. The van der Waals surface area contributed by atoms with Crippen molar-refractivity contribution in [2.75, 3.05) is 52.9 Å². The van der Waals surface area contributed by atoms with Crippen molar-refractivity contribution < 1.29 is 60.6 Å². The molecule has 0 atom stereocenters. The van der Waals surface area contributed by atoms with Gasteiger partial charge in [-0.05, 0) is 119 Å².